The first-order chi connectivity index (χ1) is 5.24. The van der Waals surface area contributed by atoms with Crippen LogP contribution in [0.25, 0.3) is 0 Å². The number of carbonyl (C=O) groups is 1. The van der Waals surface area contributed by atoms with Crippen LogP contribution in [0.5, 0.6) is 0 Å². The average molecular weight is 151 g/mol. The second-order valence-corrected chi connectivity index (χ2v) is 3.12. The summed E-state index contributed by atoms with van der Waals surface area (Å²) in [6.07, 6.45) is 8.94. The number of hydrogen-bond acceptors (Lipinski definition) is 1. The van der Waals surface area contributed by atoms with Crippen LogP contribution in [0.3, 0.4) is 0 Å². The van der Waals surface area contributed by atoms with Crippen LogP contribution in [0.2, 0.25) is 0 Å². The van der Waals surface area contributed by atoms with Crippen LogP contribution in [0, 0.1) is 24.2 Å². The van der Waals surface area contributed by atoms with E-state index < -0.39 is 0 Å². The first kappa shape index (κ1) is 8.13. The summed E-state index contributed by atoms with van der Waals surface area (Å²) in [6, 6.07) is 0. The Kier molecular flexibility index (Phi) is 2.53. The molecule has 0 heterocycles. The lowest BCUT2D eigenvalue weighted by atomic mass is 9.82. The molecule has 0 spiro atoms. The summed E-state index contributed by atoms with van der Waals surface area (Å²) in [7, 11) is 0. The highest BCUT2D eigenvalue weighted by molar-refractivity contribution is 5.76. The predicted octanol–water partition coefficient (Wildman–Crippen LogP) is 0.911. The van der Waals surface area contributed by atoms with Crippen LogP contribution in [-0.2, 0) is 4.79 Å². The first-order valence-electron chi connectivity index (χ1n) is 3.99. The normalized spacial score (nSPS) is 30.8. The minimum Gasteiger partial charge on any atom is -0.369 e. The van der Waals surface area contributed by atoms with Crippen molar-refractivity contribution in [3.05, 3.63) is 0 Å². The maximum Gasteiger partial charge on any atom is 0.220 e. The van der Waals surface area contributed by atoms with Gasteiger partial charge in [0.05, 0.1) is 0 Å². The molecule has 2 heteroatoms. The third kappa shape index (κ3) is 1.98. The average Bonchev–Trinajstić information content (AvgIpc) is 2.05. The van der Waals surface area contributed by atoms with E-state index in [1.807, 2.05) is 0 Å². The number of amides is 1. The Morgan fingerprint density at radius 1 is 1.36 bits per heavy atom. The van der Waals surface area contributed by atoms with Crippen LogP contribution in [0.15, 0.2) is 0 Å². The Morgan fingerprint density at radius 2 is 1.91 bits per heavy atom. The summed E-state index contributed by atoms with van der Waals surface area (Å²) in [5.74, 6) is 3.01. The molecule has 1 fully saturated rings. The molecule has 0 radical (unpaired) electrons. The molecule has 0 aliphatic heterocycles. The molecule has 1 amide bonds. The fraction of sp³-hybridized carbons (Fsp3) is 0.667. The first-order valence-corrected chi connectivity index (χ1v) is 3.99. The molecule has 1 aliphatic rings. The zero-order chi connectivity index (χ0) is 8.27. The number of rotatable bonds is 1. The molecule has 1 aliphatic carbocycles. The molecule has 0 aromatic heterocycles. The zero-order valence-electron chi connectivity index (χ0n) is 6.55. The molecule has 0 bridgehead atoms. The highest BCUT2D eigenvalue weighted by atomic mass is 16.1. The Morgan fingerprint density at radius 3 is 2.27 bits per heavy atom. The topological polar surface area (TPSA) is 43.1 Å². The molecule has 0 aromatic rings. The lowest BCUT2D eigenvalue weighted by Gasteiger charge is -2.22. The second kappa shape index (κ2) is 3.43. The summed E-state index contributed by atoms with van der Waals surface area (Å²) in [4.78, 5) is 10.7. The maximum atomic E-state index is 10.7. The lowest BCUT2D eigenvalue weighted by molar-refractivity contribution is -0.122. The summed E-state index contributed by atoms with van der Waals surface area (Å²) >= 11 is 0. The van der Waals surface area contributed by atoms with Gasteiger partial charge in [-0.15, -0.1) is 12.3 Å². The van der Waals surface area contributed by atoms with Crippen molar-refractivity contribution >= 4 is 5.91 Å². The highest BCUT2D eigenvalue weighted by Crippen LogP contribution is 2.27. The van der Waals surface area contributed by atoms with Gasteiger partial charge in [0.15, 0.2) is 0 Å². The fourth-order valence-corrected chi connectivity index (χ4v) is 1.54. The summed E-state index contributed by atoms with van der Waals surface area (Å²) in [5.41, 5.74) is 5.16. The Labute approximate surface area is 67.2 Å². The van der Waals surface area contributed by atoms with Crippen LogP contribution in [0.1, 0.15) is 25.7 Å². The van der Waals surface area contributed by atoms with Crippen molar-refractivity contribution < 1.29 is 4.79 Å². The van der Waals surface area contributed by atoms with E-state index in [0.29, 0.717) is 5.92 Å². The van der Waals surface area contributed by atoms with Crippen molar-refractivity contribution in [2.24, 2.45) is 17.6 Å². The van der Waals surface area contributed by atoms with Crippen molar-refractivity contribution in [1.29, 1.82) is 0 Å². The maximum absolute atomic E-state index is 10.7. The largest absolute Gasteiger partial charge is 0.369 e. The monoisotopic (exact) mass is 151 g/mol. The number of terminal acetylenes is 1. The van der Waals surface area contributed by atoms with Gasteiger partial charge in [0.25, 0.3) is 0 Å². The quantitative estimate of drug-likeness (QED) is 0.556. The van der Waals surface area contributed by atoms with E-state index in [4.69, 9.17) is 12.2 Å². The van der Waals surface area contributed by atoms with Crippen LogP contribution >= 0.6 is 0 Å². The van der Waals surface area contributed by atoms with Gasteiger partial charge in [-0.3, -0.25) is 4.79 Å². The molecule has 11 heavy (non-hydrogen) atoms. The van der Waals surface area contributed by atoms with Gasteiger partial charge >= 0.3 is 0 Å². The van der Waals surface area contributed by atoms with Gasteiger partial charge in [0.1, 0.15) is 0 Å². The molecule has 1 rings (SSSR count). The summed E-state index contributed by atoms with van der Waals surface area (Å²) < 4.78 is 0. The van der Waals surface area contributed by atoms with E-state index in [-0.39, 0.29) is 11.8 Å². The van der Waals surface area contributed by atoms with Crippen LogP contribution < -0.4 is 5.73 Å². The van der Waals surface area contributed by atoms with Crippen molar-refractivity contribution in [3.63, 3.8) is 0 Å². The van der Waals surface area contributed by atoms with E-state index in [1.54, 1.807) is 0 Å². The van der Waals surface area contributed by atoms with Gasteiger partial charge in [-0.1, -0.05) is 0 Å². The molecule has 2 nitrogen and oxygen atoms in total. The molecular weight excluding hydrogens is 138 g/mol. The summed E-state index contributed by atoms with van der Waals surface area (Å²) in [5, 5.41) is 0. The highest BCUT2D eigenvalue weighted by Gasteiger charge is 2.22. The molecule has 0 saturated heterocycles. The van der Waals surface area contributed by atoms with E-state index >= 15 is 0 Å². The van der Waals surface area contributed by atoms with Crippen molar-refractivity contribution in [2.75, 3.05) is 0 Å². The van der Waals surface area contributed by atoms with E-state index in [1.165, 1.54) is 0 Å². The van der Waals surface area contributed by atoms with Crippen molar-refractivity contribution in [2.45, 2.75) is 25.7 Å². The number of nitrogens with two attached hydrogens (primary N) is 1. The number of carbonyl (C=O) groups excluding carboxylic acids is 1. The van der Waals surface area contributed by atoms with Gasteiger partial charge in [0, 0.05) is 11.8 Å². The zero-order valence-corrected chi connectivity index (χ0v) is 6.55. The Bertz CT molecular complexity index is 184. The molecule has 60 valence electrons. The molecule has 1 saturated carbocycles. The van der Waals surface area contributed by atoms with Crippen LogP contribution in [0.4, 0.5) is 0 Å². The van der Waals surface area contributed by atoms with Crippen LogP contribution in [-0.4, -0.2) is 5.91 Å². The van der Waals surface area contributed by atoms with E-state index in [9.17, 15) is 4.79 Å². The number of primary amides is 1. The lowest BCUT2D eigenvalue weighted by Crippen LogP contribution is -2.27. The van der Waals surface area contributed by atoms with Gasteiger partial charge in [-0.05, 0) is 25.7 Å². The predicted molar refractivity (Wildman–Crippen MR) is 43.5 cm³/mol. The van der Waals surface area contributed by atoms with Crippen molar-refractivity contribution in [3.8, 4) is 12.3 Å². The van der Waals surface area contributed by atoms with Gasteiger partial charge in [-0.25, -0.2) is 0 Å². The molecule has 2 N–H and O–H groups in total. The van der Waals surface area contributed by atoms with E-state index in [2.05, 4.69) is 5.92 Å². The summed E-state index contributed by atoms with van der Waals surface area (Å²) in [6.45, 7) is 0. The second-order valence-electron chi connectivity index (χ2n) is 3.12. The standard InChI is InChI=1S/C9H13NO/c1-2-7-3-5-8(6-4-7)9(10)11/h1,7-8H,3-6H2,(H2,10,11)/t7-,8-. The fourth-order valence-electron chi connectivity index (χ4n) is 1.54. The van der Waals surface area contributed by atoms with Gasteiger partial charge < -0.3 is 5.73 Å². The molecular formula is C9H13NO. The van der Waals surface area contributed by atoms with Gasteiger partial charge in [0.2, 0.25) is 5.91 Å². The number of hydrogen-bond donors (Lipinski definition) is 1. The minimum atomic E-state index is -0.166. The molecule has 0 unspecified atom stereocenters. The molecule has 0 atom stereocenters. The third-order valence-corrected chi connectivity index (χ3v) is 2.37. The third-order valence-electron chi connectivity index (χ3n) is 2.37. The van der Waals surface area contributed by atoms with E-state index in [0.717, 1.165) is 25.7 Å². The van der Waals surface area contributed by atoms with Gasteiger partial charge in [-0.2, -0.15) is 0 Å². The Balaban J connectivity index is 2.37. The molecule has 0 aromatic carbocycles. The minimum absolute atomic E-state index is 0.0830. The Hall–Kier alpha value is -0.970. The SMILES string of the molecule is C#C[C@H]1CC[C@H](C(N)=O)CC1. The van der Waals surface area contributed by atoms with Crippen molar-refractivity contribution in [1.82, 2.24) is 0 Å². The smallest absolute Gasteiger partial charge is 0.220 e.